The molecule has 0 heterocycles. The average Bonchev–Trinajstić information content (AvgIpc) is 3.58. The van der Waals surface area contributed by atoms with Crippen molar-refractivity contribution in [3.63, 3.8) is 0 Å². The number of hydrogen-bond acceptors (Lipinski definition) is 3. The summed E-state index contributed by atoms with van der Waals surface area (Å²) in [5.41, 5.74) is 8.95. The fourth-order valence-electron chi connectivity index (χ4n) is 3.13. The number of para-hydroxylation sites is 2. The van der Waals surface area contributed by atoms with E-state index in [0.717, 1.165) is 18.4 Å². The second-order valence-electron chi connectivity index (χ2n) is 7.48. The number of anilines is 2. The van der Waals surface area contributed by atoms with E-state index in [4.69, 9.17) is 5.73 Å². The predicted molar refractivity (Wildman–Crippen MR) is 121 cm³/mol. The van der Waals surface area contributed by atoms with Crippen LogP contribution in [0.5, 0.6) is 0 Å². The smallest absolute Gasteiger partial charge is 0.255 e. The molecule has 0 aliphatic heterocycles. The van der Waals surface area contributed by atoms with Gasteiger partial charge in [-0.25, -0.2) is 4.39 Å². The maximum atomic E-state index is 13.7. The number of rotatable bonds is 6. The largest absolute Gasteiger partial charge is 0.397 e. The summed E-state index contributed by atoms with van der Waals surface area (Å²) in [6, 6.07) is 20.0. The highest BCUT2D eigenvalue weighted by atomic mass is 19.1. The highest BCUT2D eigenvalue weighted by Crippen LogP contribution is 2.24. The van der Waals surface area contributed by atoms with Gasteiger partial charge in [0.05, 0.1) is 11.4 Å². The van der Waals surface area contributed by atoms with Gasteiger partial charge in [-0.1, -0.05) is 36.4 Å². The average molecular weight is 415 g/mol. The topological polar surface area (TPSA) is 84.2 Å². The maximum Gasteiger partial charge on any atom is 0.255 e. The van der Waals surface area contributed by atoms with Crippen LogP contribution >= 0.6 is 0 Å². The third kappa shape index (κ3) is 5.17. The zero-order chi connectivity index (χ0) is 21.8. The number of hydrogen-bond donors (Lipinski definition) is 3. The molecule has 0 unspecified atom stereocenters. The van der Waals surface area contributed by atoms with Crippen molar-refractivity contribution in [2.45, 2.75) is 18.9 Å². The monoisotopic (exact) mass is 415 g/mol. The number of halogens is 1. The van der Waals surface area contributed by atoms with E-state index in [0.29, 0.717) is 28.1 Å². The van der Waals surface area contributed by atoms with Gasteiger partial charge in [-0.05, 0) is 66.4 Å². The molecule has 3 aromatic carbocycles. The Morgan fingerprint density at radius 2 is 1.68 bits per heavy atom. The van der Waals surface area contributed by atoms with Gasteiger partial charge >= 0.3 is 0 Å². The molecule has 0 radical (unpaired) electrons. The van der Waals surface area contributed by atoms with Crippen LogP contribution in [0.4, 0.5) is 15.8 Å². The Morgan fingerprint density at radius 3 is 2.35 bits per heavy atom. The van der Waals surface area contributed by atoms with Crippen LogP contribution in [0.2, 0.25) is 0 Å². The first kappa shape index (κ1) is 20.3. The molecule has 31 heavy (non-hydrogen) atoms. The summed E-state index contributed by atoms with van der Waals surface area (Å²) in [4.78, 5) is 25.2. The first-order valence-corrected chi connectivity index (χ1v) is 10.0. The summed E-state index contributed by atoms with van der Waals surface area (Å²) in [5, 5.41) is 5.73. The Labute approximate surface area is 179 Å². The second kappa shape index (κ2) is 8.83. The summed E-state index contributed by atoms with van der Waals surface area (Å²) >= 11 is 0. The molecule has 0 spiro atoms. The summed E-state index contributed by atoms with van der Waals surface area (Å²) in [6.07, 6.45) is 3.61. The van der Waals surface area contributed by atoms with Crippen LogP contribution in [0.1, 0.15) is 34.3 Å². The molecule has 1 aliphatic carbocycles. The van der Waals surface area contributed by atoms with E-state index in [1.54, 1.807) is 66.7 Å². The first-order valence-electron chi connectivity index (χ1n) is 10.0. The van der Waals surface area contributed by atoms with E-state index >= 15 is 0 Å². The lowest BCUT2D eigenvalue weighted by Gasteiger charge is -2.10. The van der Waals surface area contributed by atoms with Gasteiger partial charge < -0.3 is 16.4 Å². The number of nitrogens with one attached hydrogen (secondary N) is 2. The Balaban J connectivity index is 1.57. The fourth-order valence-corrected chi connectivity index (χ4v) is 3.13. The van der Waals surface area contributed by atoms with Crippen LogP contribution in [0.15, 0.2) is 72.8 Å². The van der Waals surface area contributed by atoms with E-state index in [1.165, 1.54) is 12.1 Å². The number of nitrogen functional groups attached to an aromatic ring is 1. The molecular formula is C25H22FN3O2. The highest BCUT2D eigenvalue weighted by molar-refractivity contribution is 6.24. The van der Waals surface area contributed by atoms with Gasteiger partial charge in [0.2, 0.25) is 0 Å². The van der Waals surface area contributed by atoms with Gasteiger partial charge in [0.1, 0.15) is 5.82 Å². The van der Waals surface area contributed by atoms with Crippen molar-refractivity contribution in [3.8, 4) is 0 Å². The lowest BCUT2D eigenvalue weighted by Crippen LogP contribution is -2.26. The van der Waals surface area contributed by atoms with Crippen molar-refractivity contribution in [2.75, 3.05) is 11.1 Å². The summed E-state index contributed by atoms with van der Waals surface area (Å²) < 4.78 is 13.7. The third-order valence-electron chi connectivity index (χ3n) is 4.99. The molecule has 0 aromatic heterocycles. The number of nitrogens with two attached hydrogens (primary N) is 1. The van der Waals surface area contributed by atoms with Gasteiger partial charge in [0.25, 0.3) is 11.8 Å². The Bertz CT molecular complexity index is 1150. The molecule has 2 amide bonds. The molecule has 0 atom stereocenters. The molecule has 1 fully saturated rings. The van der Waals surface area contributed by atoms with Crippen molar-refractivity contribution in [2.24, 2.45) is 0 Å². The lowest BCUT2D eigenvalue weighted by molar-refractivity contribution is -0.115. The quantitative estimate of drug-likeness (QED) is 0.315. The molecule has 4 N–H and O–H groups in total. The molecule has 0 saturated heterocycles. The Hall–Kier alpha value is -3.93. The molecule has 156 valence electrons. The van der Waals surface area contributed by atoms with Crippen molar-refractivity contribution in [1.82, 2.24) is 5.32 Å². The van der Waals surface area contributed by atoms with Gasteiger partial charge in [-0.3, -0.25) is 9.59 Å². The number of amides is 2. The van der Waals surface area contributed by atoms with Gasteiger partial charge in [-0.2, -0.15) is 0 Å². The first-order chi connectivity index (χ1) is 15.0. The minimum absolute atomic E-state index is 0.181. The zero-order valence-electron chi connectivity index (χ0n) is 16.8. The van der Waals surface area contributed by atoms with Crippen LogP contribution in [0, 0.1) is 5.82 Å². The molecule has 6 heteroatoms. The van der Waals surface area contributed by atoms with E-state index < -0.39 is 5.82 Å². The molecule has 3 aromatic rings. The number of benzene rings is 3. The van der Waals surface area contributed by atoms with Crippen molar-refractivity contribution >= 4 is 34.8 Å². The molecule has 1 saturated carbocycles. The molecule has 1 aliphatic rings. The summed E-state index contributed by atoms with van der Waals surface area (Å²) in [7, 11) is 0. The number of carbonyl (C=O) groups is 2. The minimum atomic E-state index is -0.408. The predicted octanol–water partition coefficient (Wildman–Crippen LogP) is 4.48. The van der Waals surface area contributed by atoms with Crippen molar-refractivity contribution < 1.29 is 14.0 Å². The van der Waals surface area contributed by atoms with Crippen LogP contribution < -0.4 is 16.4 Å². The van der Waals surface area contributed by atoms with E-state index in [9.17, 15) is 14.0 Å². The van der Waals surface area contributed by atoms with Gasteiger partial charge in [-0.15, -0.1) is 0 Å². The summed E-state index contributed by atoms with van der Waals surface area (Å²) in [5.74, 6) is -0.936. The molecule has 0 bridgehead atoms. The minimum Gasteiger partial charge on any atom is -0.397 e. The molecule has 5 nitrogen and oxygen atoms in total. The Kier molecular flexibility index (Phi) is 5.80. The highest BCUT2D eigenvalue weighted by Gasteiger charge is 2.25. The molecule has 4 rings (SSSR count). The fraction of sp³-hybridized carbons (Fsp3) is 0.120. The second-order valence-corrected chi connectivity index (χ2v) is 7.48. The van der Waals surface area contributed by atoms with E-state index in [-0.39, 0.29) is 17.9 Å². The van der Waals surface area contributed by atoms with Crippen LogP contribution in [0.3, 0.4) is 0 Å². The maximum absolute atomic E-state index is 13.7. The Morgan fingerprint density at radius 1 is 0.935 bits per heavy atom. The SMILES string of the molecule is Nc1ccccc1NC(=O)c1ccc(/C=C(/C(=O)NC2CC2)c2cccc(F)c2)cc1. The standard InChI is InChI=1S/C25H22FN3O2/c26-19-5-3-4-18(15-19)21(25(31)28-20-12-13-20)14-16-8-10-17(11-9-16)24(30)29-23-7-2-1-6-22(23)27/h1-11,14-15,20H,12-13,27H2,(H,28,31)(H,29,30)/b21-14+. The third-order valence-corrected chi connectivity index (χ3v) is 4.99. The van der Waals surface area contributed by atoms with E-state index in [1.807, 2.05) is 0 Å². The van der Waals surface area contributed by atoms with Gasteiger partial charge in [0.15, 0.2) is 0 Å². The zero-order valence-corrected chi connectivity index (χ0v) is 16.8. The lowest BCUT2D eigenvalue weighted by atomic mass is 10.0. The number of carbonyl (C=O) groups excluding carboxylic acids is 2. The van der Waals surface area contributed by atoms with Crippen LogP contribution in [0.25, 0.3) is 11.6 Å². The van der Waals surface area contributed by atoms with Gasteiger partial charge in [0, 0.05) is 17.2 Å². The molecular weight excluding hydrogens is 393 g/mol. The van der Waals surface area contributed by atoms with Crippen LogP contribution in [-0.2, 0) is 4.79 Å². The van der Waals surface area contributed by atoms with Crippen molar-refractivity contribution in [3.05, 3.63) is 95.3 Å². The summed E-state index contributed by atoms with van der Waals surface area (Å²) in [6.45, 7) is 0. The normalized spacial score (nSPS) is 13.5. The van der Waals surface area contributed by atoms with Crippen LogP contribution in [-0.4, -0.2) is 17.9 Å². The van der Waals surface area contributed by atoms with Crippen molar-refractivity contribution in [1.29, 1.82) is 0 Å². The van der Waals surface area contributed by atoms with E-state index in [2.05, 4.69) is 10.6 Å².